The van der Waals surface area contributed by atoms with E-state index in [4.69, 9.17) is 9.40 Å². The molecular formula is C18H18N2O. The van der Waals surface area contributed by atoms with Gasteiger partial charge in [-0.25, -0.2) is 4.98 Å². The molecule has 0 saturated heterocycles. The predicted molar refractivity (Wildman–Crippen MR) is 85.6 cm³/mol. The minimum Gasteiger partial charge on any atom is -0.436 e. The van der Waals surface area contributed by atoms with Crippen LogP contribution in [0, 0.1) is 0 Å². The molecule has 0 amide bonds. The number of aromatic nitrogens is 1. The van der Waals surface area contributed by atoms with E-state index < -0.39 is 0 Å². The molecule has 0 fully saturated rings. The molecule has 0 bridgehead atoms. The Morgan fingerprint density at radius 2 is 2.19 bits per heavy atom. The van der Waals surface area contributed by atoms with E-state index in [1.807, 2.05) is 6.07 Å². The number of aryl methyl sites for hydroxylation is 1. The van der Waals surface area contributed by atoms with Crippen molar-refractivity contribution < 1.29 is 4.42 Å². The van der Waals surface area contributed by atoms with E-state index in [1.165, 1.54) is 16.8 Å². The molecule has 0 aliphatic carbocycles. The standard InChI is InChI=1S/C18H18N2O/c1-2-12-8-9-17-16(11-12)20-18(21-17)14-5-3-7-15-13(14)6-4-10-19-15/h3,5,7-9,11,19H,2,4,6,10H2,1H3. The van der Waals surface area contributed by atoms with Gasteiger partial charge >= 0.3 is 0 Å². The summed E-state index contributed by atoms with van der Waals surface area (Å²) in [7, 11) is 0. The average Bonchev–Trinajstić information content (AvgIpc) is 2.97. The highest BCUT2D eigenvalue weighted by atomic mass is 16.3. The molecule has 0 radical (unpaired) electrons. The monoisotopic (exact) mass is 278 g/mol. The zero-order valence-corrected chi connectivity index (χ0v) is 12.1. The molecule has 3 aromatic rings. The van der Waals surface area contributed by atoms with Crippen LogP contribution in [-0.2, 0) is 12.8 Å². The van der Waals surface area contributed by atoms with Crippen molar-refractivity contribution in [2.24, 2.45) is 0 Å². The first-order chi connectivity index (χ1) is 10.3. The predicted octanol–water partition coefficient (Wildman–Crippen LogP) is 4.42. The third-order valence-electron chi connectivity index (χ3n) is 4.19. The summed E-state index contributed by atoms with van der Waals surface area (Å²) < 4.78 is 5.98. The Morgan fingerprint density at radius 3 is 3.10 bits per heavy atom. The second-order valence-electron chi connectivity index (χ2n) is 5.54. The maximum Gasteiger partial charge on any atom is 0.227 e. The van der Waals surface area contributed by atoms with Crippen LogP contribution in [0.3, 0.4) is 0 Å². The van der Waals surface area contributed by atoms with Gasteiger partial charge in [0.15, 0.2) is 5.58 Å². The molecule has 3 heteroatoms. The van der Waals surface area contributed by atoms with Gasteiger partial charge in [0.05, 0.1) is 0 Å². The first kappa shape index (κ1) is 12.5. The van der Waals surface area contributed by atoms with E-state index in [1.54, 1.807) is 0 Å². The minimum absolute atomic E-state index is 0.735. The van der Waals surface area contributed by atoms with Gasteiger partial charge in [0.2, 0.25) is 5.89 Å². The maximum atomic E-state index is 5.98. The molecule has 2 aromatic carbocycles. The summed E-state index contributed by atoms with van der Waals surface area (Å²) in [5, 5.41) is 3.46. The molecule has 4 rings (SSSR count). The number of nitrogens with zero attached hydrogens (tertiary/aromatic N) is 1. The van der Waals surface area contributed by atoms with Gasteiger partial charge in [-0.05, 0) is 54.7 Å². The third kappa shape index (κ3) is 2.09. The van der Waals surface area contributed by atoms with E-state index in [9.17, 15) is 0 Å². The van der Waals surface area contributed by atoms with E-state index in [-0.39, 0.29) is 0 Å². The highest BCUT2D eigenvalue weighted by Gasteiger charge is 2.17. The normalized spacial score (nSPS) is 14.0. The summed E-state index contributed by atoms with van der Waals surface area (Å²) in [6.45, 7) is 3.20. The van der Waals surface area contributed by atoms with Crippen molar-refractivity contribution in [2.75, 3.05) is 11.9 Å². The van der Waals surface area contributed by atoms with Crippen LogP contribution in [-0.4, -0.2) is 11.5 Å². The number of nitrogens with one attached hydrogen (secondary N) is 1. The van der Waals surface area contributed by atoms with Crippen molar-refractivity contribution >= 4 is 16.8 Å². The van der Waals surface area contributed by atoms with E-state index >= 15 is 0 Å². The second kappa shape index (κ2) is 4.92. The lowest BCUT2D eigenvalue weighted by Crippen LogP contribution is -2.12. The molecule has 0 unspecified atom stereocenters. The minimum atomic E-state index is 0.735. The number of fused-ring (bicyclic) bond motifs is 2. The molecule has 0 spiro atoms. The van der Waals surface area contributed by atoms with E-state index in [2.05, 4.69) is 42.6 Å². The fraction of sp³-hybridized carbons (Fsp3) is 0.278. The smallest absolute Gasteiger partial charge is 0.227 e. The first-order valence-corrected chi connectivity index (χ1v) is 7.61. The summed E-state index contributed by atoms with van der Waals surface area (Å²) in [6, 6.07) is 12.6. The molecule has 3 nitrogen and oxygen atoms in total. The molecule has 0 atom stereocenters. The van der Waals surface area contributed by atoms with Crippen LogP contribution in [0.15, 0.2) is 40.8 Å². The lowest BCUT2D eigenvalue weighted by Gasteiger charge is -2.19. The van der Waals surface area contributed by atoms with Crippen molar-refractivity contribution in [3.8, 4) is 11.5 Å². The summed E-state index contributed by atoms with van der Waals surface area (Å²) >= 11 is 0. The van der Waals surface area contributed by atoms with Crippen molar-refractivity contribution in [3.63, 3.8) is 0 Å². The largest absolute Gasteiger partial charge is 0.436 e. The molecule has 1 aliphatic heterocycles. The van der Waals surface area contributed by atoms with Gasteiger partial charge in [-0.1, -0.05) is 19.1 Å². The lowest BCUT2D eigenvalue weighted by molar-refractivity contribution is 0.618. The lowest BCUT2D eigenvalue weighted by atomic mass is 9.97. The molecule has 1 N–H and O–H groups in total. The van der Waals surface area contributed by atoms with Gasteiger partial charge in [-0.2, -0.15) is 0 Å². The molecule has 106 valence electrons. The van der Waals surface area contributed by atoms with Gasteiger partial charge in [0.1, 0.15) is 5.52 Å². The van der Waals surface area contributed by atoms with Crippen molar-refractivity contribution in [2.45, 2.75) is 26.2 Å². The van der Waals surface area contributed by atoms with Crippen LogP contribution in [0.25, 0.3) is 22.6 Å². The Bertz CT molecular complexity index is 804. The number of hydrogen-bond donors (Lipinski definition) is 1. The summed E-state index contributed by atoms with van der Waals surface area (Å²) in [5.41, 5.74) is 6.77. The van der Waals surface area contributed by atoms with Crippen LogP contribution in [0.1, 0.15) is 24.5 Å². The van der Waals surface area contributed by atoms with Gasteiger partial charge in [-0.15, -0.1) is 0 Å². The molecule has 1 aromatic heterocycles. The SMILES string of the molecule is CCc1ccc2oc(-c3cccc4c3CCCN4)nc2c1. The Labute approximate surface area is 124 Å². The second-order valence-corrected chi connectivity index (χ2v) is 5.54. The number of hydrogen-bond acceptors (Lipinski definition) is 3. The first-order valence-electron chi connectivity index (χ1n) is 7.61. The average molecular weight is 278 g/mol. The number of rotatable bonds is 2. The Kier molecular flexibility index (Phi) is 2.92. The topological polar surface area (TPSA) is 38.1 Å². The molecular weight excluding hydrogens is 260 g/mol. The highest BCUT2D eigenvalue weighted by Crippen LogP contribution is 2.33. The quantitative estimate of drug-likeness (QED) is 0.754. The Balaban J connectivity index is 1.86. The van der Waals surface area contributed by atoms with E-state index in [0.29, 0.717) is 0 Å². The fourth-order valence-electron chi connectivity index (χ4n) is 3.02. The molecule has 2 heterocycles. The molecule has 21 heavy (non-hydrogen) atoms. The Morgan fingerprint density at radius 1 is 1.24 bits per heavy atom. The van der Waals surface area contributed by atoms with Crippen LogP contribution >= 0.6 is 0 Å². The van der Waals surface area contributed by atoms with Crippen LogP contribution in [0.2, 0.25) is 0 Å². The highest BCUT2D eigenvalue weighted by molar-refractivity contribution is 5.79. The van der Waals surface area contributed by atoms with Crippen molar-refractivity contribution in [1.29, 1.82) is 0 Å². The number of anilines is 1. The maximum absolute atomic E-state index is 5.98. The Hall–Kier alpha value is -2.29. The van der Waals surface area contributed by atoms with Crippen LogP contribution < -0.4 is 5.32 Å². The summed E-state index contributed by atoms with van der Waals surface area (Å²) in [4.78, 5) is 4.71. The number of oxazole rings is 1. The zero-order valence-electron chi connectivity index (χ0n) is 12.1. The van der Waals surface area contributed by atoms with Crippen LogP contribution in [0.5, 0.6) is 0 Å². The zero-order chi connectivity index (χ0) is 14.2. The van der Waals surface area contributed by atoms with Crippen LogP contribution in [0.4, 0.5) is 5.69 Å². The molecule has 0 saturated carbocycles. The molecule has 1 aliphatic rings. The van der Waals surface area contributed by atoms with Gasteiger partial charge in [0, 0.05) is 17.8 Å². The number of benzene rings is 2. The van der Waals surface area contributed by atoms with E-state index in [0.717, 1.165) is 48.4 Å². The van der Waals surface area contributed by atoms with Crippen molar-refractivity contribution in [1.82, 2.24) is 4.98 Å². The fourth-order valence-corrected chi connectivity index (χ4v) is 3.02. The van der Waals surface area contributed by atoms with Gasteiger partial charge in [0.25, 0.3) is 0 Å². The summed E-state index contributed by atoms with van der Waals surface area (Å²) in [6.07, 6.45) is 3.25. The van der Waals surface area contributed by atoms with Gasteiger partial charge < -0.3 is 9.73 Å². The summed E-state index contributed by atoms with van der Waals surface area (Å²) in [5.74, 6) is 0.735. The van der Waals surface area contributed by atoms with Crippen molar-refractivity contribution in [3.05, 3.63) is 47.5 Å². The van der Waals surface area contributed by atoms with Gasteiger partial charge in [-0.3, -0.25) is 0 Å². The third-order valence-corrected chi connectivity index (χ3v) is 4.19.